The van der Waals surface area contributed by atoms with E-state index in [1.54, 1.807) is 7.11 Å². The molecule has 3 aromatic carbocycles. The van der Waals surface area contributed by atoms with Crippen LogP contribution in [0.25, 0.3) is 22.4 Å². The third-order valence-corrected chi connectivity index (χ3v) is 6.19. The van der Waals surface area contributed by atoms with Crippen LogP contribution in [0.1, 0.15) is 11.1 Å². The standard InChI is InChI=1S/C28H23N3O2S/c1-19-7-6-10-22(15-19)30-27(32)18-34-28-25(17-29)24(20-11-13-23(33-2)14-12-20)16-26(31-28)21-8-4-3-5-9-21/h3-16H,18H2,1-2H3,(H,30,32). The highest BCUT2D eigenvalue weighted by atomic mass is 32.2. The fourth-order valence-corrected chi connectivity index (χ4v) is 4.35. The number of carbonyl (C=O) groups excluding carboxylic acids is 1. The van der Waals surface area contributed by atoms with Crippen molar-refractivity contribution in [2.75, 3.05) is 18.2 Å². The van der Waals surface area contributed by atoms with Crippen LogP contribution in [-0.2, 0) is 4.79 Å². The summed E-state index contributed by atoms with van der Waals surface area (Å²) in [5, 5.41) is 13.5. The number of aryl methyl sites for hydroxylation is 1. The summed E-state index contributed by atoms with van der Waals surface area (Å²) in [6, 6.07) is 29.2. The number of pyridine rings is 1. The summed E-state index contributed by atoms with van der Waals surface area (Å²) in [6.07, 6.45) is 0. The van der Waals surface area contributed by atoms with E-state index in [1.165, 1.54) is 11.8 Å². The molecule has 0 saturated carbocycles. The average molecular weight is 466 g/mol. The molecule has 168 valence electrons. The first kappa shape index (κ1) is 23.1. The molecule has 0 aliphatic carbocycles. The minimum Gasteiger partial charge on any atom is -0.497 e. The summed E-state index contributed by atoms with van der Waals surface area (Å²) in [6.45, 7) is 1.98. The molecule has 5 nitrogen and oxygen atoms in total. The van der Waals surface area contributed by atoms with Gasteiger partial charge in [0.05, 0.1) is 24.1 Å². The highest BCUT2D eigenvalue weighted by Crippen LogP contribution is 2.35. The van der Waals surface area contributed by atoms with Crippen molar-refractivity contribution in [2.45, 2.75) is 11.9 Å². The second-order valence-corrected chi connectivity index (χ2v) is 8.61. The van der Waals surface area contributed by atoms with Crippen molar-refractivity contribution in [3.8, 4) is 34.2 Å². The van der Waals surface area contributed by atoms with E-state index in [1.807, 2.05) is 91.9 Å². The number of nitrogens with zero attached hydrogens (tertiary/aromatic N) is 2. The molecule has 0 fully saturated rings. The van der Waals surface area contributed by atoms with Gasteiger partial charge in [-0.05, 0) is 48.4 Å². The van der Waals surface area contributed by atoms with Gasteiger partial charge in [-0.25, -0.2) is 4.98 Å². The number of anilines is 1. The molecule has 0 bridgehead atoms. The smallest absolute Gasteiger partial charge is 0.234 e. The molecule has 0 radical (unpaired) electrons. The largest absolute Gasteiger partial charge is 0.497 e. The van der Waals surface area contributed by atoms with Gasteiger partial charge in [-0.3, -0.25) is 4.79 Å². The summed E-state index contributed by atoms with van der Waals surface area (Å²) in [7, 11) is 1.62. The van der Waals surface area contributed by atoms with E-state index in [0.717, 1.165) is 39.4 Å². The average Bonchev–Trinajstić information content (AvgIpc) is 2.87. The molecule has 0 aliphatic heterocycles. The Kier molecular flexibility index (Phi) is 7.26. The highest BCUT2D eigenvalue weighted by Gasteiger charge is 2.17. The zero-order chi connectivity index (χ0) is 23.9. The number of hydrogen-bond donors (Lipinski definition) is 1. The number of hydrogen-bond acceptors (Lipinski definition) is 5. The number of aromatic nitrogens is 1. The Hall–Kier alpha value is -4.08. The lowest BCUT2D eigenvalue weighted by atomic mass is 9.99. The van der Waals surface area contributed by atoms with Gasteiger partial charge >= 0.3 is 0 Å². The first-order chi connectivity index (χ1) is 16.6. The molecule has 0 atom stereocenters. The number of amides is 1. The number of methoxy groups -OCH3 is 1. The Morgan fingerprint density at radius 3 is 2.44 bits per heavy atom. The van der Waals surface area contributed by atoms with Crippen LogP contribution in [0, 0.1) is 18.3 Å². The zero-order valence-electron chi connectivity index (χ0n) is 18.9. The Bertz CT molecular complexity index is 1350. The Morgan fingerprint density at radius 1 is 1.00 bits per heavy atom. The number of benzene rings is 3. The topological polar surface area (TPSA) is 75.0 Å². The first-order valence-electron chi connectivity index (χ1n) is 10.7. The quantitative estimate of drug-likeness (QED) is 0.323. The second kappa shape index (κ2) is 10.7. The lowest BCUT2D eigenvalue weighted by Gasteiger charge is -2.13. The molecule has 1 heterocycles. The van der Waals surface area contributed by atoms with Crippen LogP contribution in [0.4, 0.5) is 5.69 Å². The summed E-state index contributed by atoms with van der Waals surface area (Å²) in [4.78, 5) is 17.4. The van der Waals surface area contributed by atoms with Crippen LogP contribution in [0.5, 0.6) is 5.75 Å². The lowest BCUT2D eigenvalue weighted by molar-refractivity contribution is -0.113. The van der Waals surface area contributed by atoms with Crippen LogP contribution < -0.4 is 10.1 Å². The van der Waals surface area contributed by atoms with Crippen molar-refractivity contribution in [1.82, 2.24) is 4.98 Å². The zero-order valence-corrected chi connectivity index (χ0v) is 19.7. The van der Waals surface area contributed by atoms with E-state index in [2.05, 4.69) is 11.4 Å². The van der Waals surface area contributed by atoms with Crippen molar-refractivity contribution in [3.63, 3.8) is 0 Å². The Morgan fingerprint density at radius 2 is 1.76 bits per heavy atom. The van der Waals surface area contributed by atoms with Gasteiger partial charge in [-0.15, -0.1) is 0 Å². The van der Waals surface area contributed by atoms with Gasteiger partial charge in [0, 0.05) is 16.8 Å². The number of nitriles is 1. The summed E-state index contributed by atoms with van der Waals surface area (Å²) >= 11 is 1.26. The van der Waals surface area contributed by atoms with E-state index in [0.29, 0.717) is 10.6 Å². The van der Waals surface area contributed by atoms with Gasteiger partial charge in [0.2, 0.25) is 5.91 Å². The maximum atomic E-state index is 12.6. The molecule has 6 heteroatoms. The molecular formula is C28H23N3O2S. The molecule has 0 spiro atoms. The molecule has 1 N–H and O–H groups in total. The minimum absolute atomic E-state index is 0.135. The third-order valence-electron chi connectivity index (χ3n) is 5.21. The minimum atomic E-state index is -0.155. The molecule has 0 aliphatic rings. The van der Waals surface area contributed by atoms with Gasteiger partial charge < -0.3 is 10.1 Å². The number of carbonyl (C=O) groups is 1. The van der Waals surface area contributed by atoms with Crippen LogP contribution in [0.2, 0.25) is 0 Å². The van der Waals surface area contributed by atoms with Gasteiger partial charge in [0.1, 0.15) is 16.8 Å². The Balaban J connectivity index is 1.68. The number of nitrogens with one attached hydrogen (secondary N) is 1. The summed E-state index contributed by atoms with van der Waals surface area (Å²) in [5.74, 6) is 0.718. The summed E-state index contributed by atoms with van der Waals surface area (Å²) in [5.41, 5.74) is 5.58. The van der Waals surface area contributed by atoms with E-state index in [9.17, 15) is 10.1 Å². The predicted octanol–water partition coefficient (Wildman–Crippen LogP) is 6.34. The molecule has 0 unspecified atom stereocenters. The maximum absolute atomic E-state index is 12.6. The lowest BCUT2D eigenvalue weighted by Crippen LogP contribution is -2.14. The van der Waals surface area contributed by atoms with Gasteiger partial charge in [-0.1, -0.05) is 66.4 Å². The number of rotatable bonds is 7. The molecule has 1 aromatic heterocycles. The van der Waals surface area contributed by atoms with Crippen LogP contribution in [0.15, 0.2) is 90.0 Å². The van der Waals surface area contributed by atoms with Crippen LogP contribution in [-0.4, -0.2) is 23.8 Å². The van der Waals surface area contributed by atoms with Crippen molar-refractivity contribution in [1.29, 1.82) is 5.26 Å². The normalized spacial score (nSPS) is 10.4. The van der Waals surface area contributed by atoms with Crippen molar-refractivity contribution < 1.29 is 9.53 Å². The van der Waals surface area contributed by atoms with Crippen LogP contribution >= 0.6 is 11.8 Å². The third kappa shape index (κ3) is 5.45. The van der Waals surface area contributed by atoms with E-state index in [4.69, 9.17) is 9.72 Å². The fraction of sp³-hybridized carbons (Fsp3) is 0.107. The maximum Gasteiger partial charge on any atom is 0.234 e. The van der Waals surface area contributed by atoms with Crippen LogP contribution in [0.3, 0.4) is 0 Å². The number of thioether (sulfide) groups is 1. The van der Waals surface area contributed by atoms with Gasteiger partial charge in [0.15, 0.2) is 0 Å². The molecule has 0 saturated heterocycles. The summed E-state index contributed by atoms with van der Waals surface area (Å²) < 4.78 is 5.27. The SMILES string of the molecule is COc1ccc(-c2cc(-c3ccccc3)nc(SCC(=O)Nc3cccc(C)c3)c2C#N)cc1. The van der Waals surface area contributed by atoms with Crippen molar-refractivity contribution in [2.24, 2.45) is 0 Å². The van der Waals surface area contributed by atoms with Gasteiger partial charge in [0.25, 0.3) is 0 Å². The molecule has 1 amide bonds. The second-order valence-electron chi connectivity index (χ2n) is 7.65. The van der Waals surface area contributed by atoms with Crippen molar-refractivity contribution >= 4 is 23.4 Å². The first-order valence-corrected chi connectivity index (χ1v) is 11.7. The monoisotopic (exact) mass is 465 g/mol. The van der Waals surface area contributed by atoms with E-state index < -0.39 is 0 Å². The van der Waals surface area contributed by atoms with Gasteiger partial charge in [-0.2, -0.15) is 5.26 Å². The molecule has 4 aromatic rings. The molecular weight excluding hydrogens is 442 g/mol. The fourth-order valence-electron chi connectivity index (χ4n) is 3.54. The van der Waals surface area contributed by atoms with E-state index in [-0.39, 0.29) is 11.7 Å². The molecule has 34 heavy (non-hydrogen) atoms. The predicted molar refractivity (Wildman–Crippen MR) is 137 cm³/mol. The number of ether oxygens (including phenoxy) is 1. The Labute approximate surface area is 203 Å². The highest BCUT2D eigenvalue weighted by molar-refractivity contribution is 8.00. The molecule has 4 rings (SSSR count). The van der Waals surface area contributed by atoms with Crippen molar-refractivity contribution in [3.05, 3.63) is 96.1 Å². The van der Waals surface area contributed by atoms with E-state index >= 15 is 0 Å².